The summed E-state index contributed by atoms with van der Waals surface area (Å²) in [6, 6.07) is 14.9. The van der Waals surface area contributed by atoms with Crippen molar-refractivity contribution in [3.63, 3.8) is 0 Å². The van der Waals surface area contributed by atoms with Crippen molar-refractivity contribution in [3.8, 4) is 0 Å². The molecule has 7 heteroatoms. The van der Waals surface area contributed by atoms with Crippen molar-refractivity contribution in [1.82, 2.24) is 20.3 Å². The first-order chi connectivity index (χ1) is 17.5. The topological polar surface area (TPSA) is 88.7 Å². The number of hydrogen-bond donors (Lipinski definition) is 3. The zero-order valence-electron chi connectivity index (χ0n) is 21.2. The number of H-pyrrole nitrogens is 1. The molecule has 1 aromatic heterocycles. The second-order valence-electron chi connectivity index (χ2n) is 9.28. The van der Waals surface area contributed by atoms with E-state index in [-0.39, 0.29) is 11.9 Å². The third-order valence-corrected chi connectivity index (χ3v) is 7.26. The number of amides is 2. The van der Waals surface area contributed by atoms with Gasteiger partial charge in [0.15, 0.2) is 0 Å². The number of rotatable bonds is 11. The summed E-state index contributed by atoms with van der Waals surface area (Å²) in [4.78, 5) is 31.9. The van der Waals surface area contributed by atoms with Gasteiger partial charge in [-0.15, -0.1) is 0 Å². The SMILES string of the molecule is CCN(CC)C(=O)CCN(CCc1c[nH]c2ccccc12)C1CCc2cc(/C=C/C(=O)NO)ccc21. The first-order valence-electron chi connectivity index (χ1n) is 12.9. The van der Waals surface area contributed by atoms with Crippen LogP contribution in [0.5, 0.6) is 0 Å². The molecular formula is C29H36N4O3. The smallest absolute Gasteiger partial charge is 0.267 e. The van der Waals surface area contributed by atoms with Crippen LogP contribution in [-0.4, -0.2) is 58.0 Å². The summed E-state index contributed by atoms with van der Waals surface area (Å²) in [7, 11) is 0. The van der Waals surface area contributed by atoms with Crippen LogP contribution >= 0.6 is 0 Å². The van der Waals surface area contributed by atoms with Gasteiger partial charge in [0.2, 0.25) is 5.91 Å². The van der Waals surface area contributed by atoms with Crippen molar-refractivity contribution in [2.24, 2.45) is 0 Å². The Morgan fingerprint density at radius 1 is 1.14 bits per heavy atom. The molecule has 1 unspecified atom stereocenters. The Hall–Kier alpha value is -3.42. The van der Waals surface area contributed by atoms with E-state index in [9.17, 15) is 9.59 Å². The first kappa shape index (κ1) is 25.7. The Balaban J connectivity index is 1.53. The number of carbonyl (C=O) groups is 2. The quantitative estimate of drug-likeness (QED) is 0.211. The fourth-order valence-corrected chi connectivity index (χ4v) is 5.31. The molecule has 0 saturated carbocycles. The Labute approximate surface area is 212 Å². The minimum Gasteiger partial charge on any atom is -0.361 e. The fraction of sp³-hybridized carbons (Fsp3) is 0.379. The van der Waals surface area contributed by atoms with Gasteiger partial charge in [-0.05, 0) is 67.5 Å². The lowest BCUT2D eigenvalue weighted by molar-refractivity contribution is -0.131. The summed E-state index contributed by atoms with van der Waals surface area (Å²) >= 11 is 0. The van der Waals surface area contributed by atoms with Crippen LogP contribution in [0.4, 0.5) is 0 Å². The molecule has 0 fully saturated rings. The van der Waals surface area contributed by atoms with Gasteiger partial charge >= 0.3 is 0 Å². The lowest BCUT2D eigenvalue weighted by atomic mass is 10.0. The van der Waals surface area contributed by atoms with E-state index in [1.807, 2.05) is 30.9 Å². The monoisotopic (exact) mass is 488 g/mol. The van der Waals surface area contributed by atoms with Crippen molar-refractivity contribution >= 4 is 28.8 Å². The molecule has 1 atom stereocenters. The van der Waals surface area contributed by atoms with Crippen molar-refractivity contribution in [3.05, 3.63) is 77.0 Å². The number of para-hydroxylation sites is 1. The van der Waals surface area contributed by atoms with Gasteiger partial charge < -0.3 is 9.88 Å². The molecule has 1 aliphatic carbocycles. The van der Waals surface area contributed by atoms with Gasteiger partial charge in [0.25, 0.3) is 5.91 Å². The van der Waals surface area contributed by atoms with Crippen molar-refractivity contribution in [2.45, 2.75) is 45.6 Å². The van der Waals surface area contributed by atoms with Crippen LogP contribution in [0.15, 0.2) is 54.7 Å². The minimum atomic E-state index is -0.547. The van der Waals surface area contributed by atoms with Gasteiger partial charge in [0, 0.05) is 61.8 Å². The maximum absolute atomic E-state index is 12.8. The number of aryl methyl sites for hydroxylation is 1. The predicted molar refractivity (Wildman–Crippen MR) is 143 cm³/mol. The van der Waals surface area contributed by atoms with Crippen LogP contribution in [-0.2, 0) is 22.4 Å². The summed E-state index contributed by atoms with van der Waals surface area (Å²) in [5, 5.41) is 9.97. The van der Waals surface area contributed by atoms with Crippen LogP contribution in [0.25, 0.3) is 17.0 Å². The van der Waals surface area contributed by atoms with E-state index >= 15 is 0 Å². The number of fused-ring (bicyclic) bond motifs is 2. The Morgan fingerprint density at radius 3 is 2.72 bits per heavy atom. The molecule has 190 valence electrons. The van der Waals surface area contributed by atoms with E-state index < -0.39 is 5.91 Å². The lowest BCUT2D eigenvalue weighted by Crippen LogP contribution is -2.36. The van der Waals surface area contributed by atoms with Crippen LogP contribution in [0.1, 0.15) is 55.0 Å². The zero-order valence-corrected chi connectivity index (χ0v) is 21.2. The summed E-state index contributed by atoms with van der Waals surface area (Å²) in [5.41, 5.74) is 7.57. The Bertz CT molecular complexity index is 1230. The molecule has 1 aliphatic rings. The average molecular weight is 489 g/mol. The van der Waals surface area contributed by atoms with Gasteiger partial charge in [-0.1, -0.05) is 36.4 Å². The molecule has 7 nitrogen and oxygen atoms in total. The zero-order chi connectivity index (χ0) is 25.5. The molecule has 0 bridgehead atoms. The van der Waals surface area contributed by atoms with E-state index in [2.05, 4.69) is 46.4 Å². The molecule has 36 heavy (non-hydrogen) atoms. The largest absolute Gasteiger partial charge is 0.361 e. The number of nitrogens with zero attached hydrogens (tertiary/aromatic N) is 2. The summed E-state index contributed by atoms with van der Waals surface area (Å²) in [5.74, 6) is -0.340. The number of carbonyl (C=O) groups excluding carboxylic acids is 2. The maximum atomic E-state index is 12.8. The van der Waals surface area contributed by atoms with Gasteiger partial charge in [0.1, 0.15) is 0 Å². The van der Waals surface area contributed by atoms with Crippen molar-refractivity contribution < 1.29 is 14.8 Å². The minimum absolute atomic E-state index is 0.206. The molecule has 3 N–H and O–H groups in total. The predicted octanol–water partition coefficient (Wildman–Crippen LogP) is 4.48. The molecule has 0 saturated heterocycles. The number of hydroxylamine groups is 1. The van der Waals surface area contributed by atoms with E-state index in [0.717, 1.165) is 56.5 Å². The highest BCUT2D eigenvalue weighted by atomic mass is 16.5. The molecule has 4 rings (SSSR count). The average Bonchev–Trinajstić information content (AvgIpc) is 3.52. The highest BCUT2D eigenvalue weighted by molar-refractivity contribution is 5.90. The Morgan fingerprint density at radius 2 is 1.94 bits per heavy atom. The van der Waals surface area contributed by atoms with Crippen LogP contribution < -0.4 is 5.48 Å². The lowest BCUT2D eigenvalue weighted by Gasteiger charge is -2.30. The van der Waals surface area contributed by atoms with Crippen molar-refractivity contribution in [1.29, 1.82) is 0 Å². The molecular weight excluding hydrogens is 452 g/mol. The first-order valence-corrected chi connectivity index (χ1v) is 12.9. The fourth-order valence-electron chi connectivity index (χ4n) is 5.31. The van der Waals surface area contributed by atoms with Crippen LogP contribution in [0, 0.1) is 0 Å². The number of benzene rings is 2. The van der Waals surface area contributed by atoms with Gasteiger partial charge in [-0.3, -0.25) is 19.7 Å². The molecule has 2 aromatic carbocycles. The molecule has 3 aromatic rings. The number of hydrogen-bond acceptors (Lipinski definition) is 4. The van der Waals surface area contributed by atoms with E-state index in [0.29, 0.717) is 6.42 Å². The van der Waals surface area contributed by atoms with Gasteiger partial charge in [0.05, 0.1) is 0 Å². The maximum Gasteiger partial charge on any atom is 0.267 e. The third kappa shape index (κ3) is 5.86. The summed E-state index contributed by atoms with van der Waals surface area (Å²) in [6.45, 7) is 7.12. The van der Waals surface area contributed by atoms with E-state index in [1.54, 1.807) is 11.6 Å². The molecule has 0 aliphatic heterocycles. The summed E-state index contributed by atoms with van der Waals surface area (Å²) in [6.07, 6.45) is 8.52. The van der Waals surface area contributed by atoms with E-state index in [1.165, 1.54) is 28.2 Å². The molecule has 1 heterocycles. The van der Waals surface area contributed by atoms with Gasteiger partial charge in [-0.25, -0.2) is 5.48 Å². The number of aromatic amines is 1. The second kappa shape index (κ2) is 12.0. The molecule has 0 radical (unpaired) electrons. The van der Waals surface area contributed by atoms with Crippen LogP contribution in [0.3, 0.4) is 0 Å². The van der Waals surface area contributed by atoms with E-state index in [4.69, 9.17) is 5.21 Å². The van der Waals surface area contributed by atoms with Gasteiger partial charge in [-0.2, -0.15) is 0 Å². The van der Waals surface area contributed by atoms with Crippen LogP contribution in [0.2, 0.25) is 0 Å². The second-order valence-corrected chi connectivity index (χ2v) is 9.28. The third-order valence-electron chi connectivity index (χ3n) is 7.26. The Kier molecular flexibility index (Phi) is 8.57. The normalized spacial score (nSPS) is 15.1. The number of aromatic nitrogens is 1. The summed E-state index contributed by atoms with van der Waals surface area (Å²) < 4.78 is 0. The highest BCUT2D eigenvalue weighted by Crippen LogP contribution is 2.37. The molecule has 0 spiro atoms. The van der Waals surface area contributed by atoms with Crippen molar-refractivity contribution in [2.75, 3.05) is 26.2 Å². The molecule has 2 amide bonds. The number of nitrogens with one attached hydrogen (secondary N) is 2. The highest BCUT2D eigenvalue weighted by Gasteiger charge is 2.28. The standard InChI is InChI=1S/C29H36N4O3/c1-3-32(4-2)29(35)16-18-33(17-15-23-20-30-26-8-6-5-7-24(23)26)27-13-11-22-19-21(9-12-25(22)27)10-14-28(34)31-36/h5-10,12,14,19-20,27,30,36H,3-4,11,13,15-18H2,1-2H3,(H,31,34)/b14-10+.